The van der Waals surface area contributed by atoms with Gasteiger partial charge in [0.15, 0.2) is 5.78 Å². The molecular formula is C21H15BrClNO5S. The van der Waals surface area contributed by atoms with Crippen LogP contribution in [-0.4, -0.2) is 26.7 Å². The average molecular weight is 509 g/mol. The summed E-state index contributed by atoms with van der Waals surface area (Å²) in [5.74, 6) is -1.07. The Bertz CT molecular complexity index is 1180. The molecule has 0 radical (unpaired) electrons. The summed E-state index contributed by atoms with van der Waals surface area (Å²) in [4.78, 5) is 25.0. The van der Waals surface area contributed by atoms with Crippen molar-refractivity contribution in [3.63, 3.8) is 0 Å². The topological polar surface area (TPSA) is 89.5 Å². The zero-order valence-corrected chi connectivity index (χ0v) is 18.5. The molecule has 0 spiro atoms. The molecule has 0 heterocycles. The second-order valence-electron chi connectivity index (χ2n) is 6.10. The Kier molecular flexibility index (Phi) is 7.04. The minimum absolute atomic E-state index is 0.0788. The van der Waals surface area contributed by atoms with Crippen molar-refractivity contribution < 1.29 is 22.2 Å². The summed E-state index contributed by atoms with van der Waals surface area (Å²) in [6.07, 6.45) is 0. The van der Waals surface area contributed by atoms with E-state index in [-0.39, 0.29) is 21.9 Å². The molecule has 0 unspecified atom stereocenters. The van der Waals surface area contributed by atoms with E-state index < -0.39 is 22.6 Å². The van der Waals surface area contributed by atoms with Gasteiger partial charge in [0.1, 0.15) is 6.61 Å². The quantitative estimate of drug-likeness (QED) is 0.370. The standard InChI is InChI=1S/C21H15BrClNO5S/c22-15-6-9-17(10-7-15)30(27,28)29-13-20(25)24-19-11-8-16(23)12-18(19)21(26)14-4-2-1-3-5-14/h1-12H,13H2,(H,24,25). The van der Waals surface area contributed by atoms with E-state index >= 15 is 0 Å². The molecule has 0 fully saturated rings. The fourth-order valence-corrected chi connectivity index (χ4v) is 3.85. The van der Waals surface area contributed by atoms with Crippen molar-refractivity contribution in [2.24, 2.45) is 0 Å². The van der Waals surface area contributed by atoms with Crippen LogP contribution in [0.1, 0.15) is 15.9 Å². The van der Waals surface area contributed by atoms with Crippen LogP contribution in [0.4, 0.5) is 5.69 Å². The van der Waals surface area contributed by atoms with Gasteiger partial charge in [0, 0.05) is 20.6 Å². The Morgan fingerprint density at radius 2 is 1.63 bits per heavy atom. The van der Waals surface area contributed by atoms with Crippen LogP contribution >= 0.6 is 27.5 Å². The molecule has 1 amide bonds. The molecule has 30 heavy (non-hydrogen) atoms. The summed E-state index contributed by atoms with van der Waals surface area (Å²) in [6.45, 7) is -0.750. The summed E-state index contributed by atoms with van der Waals surface area (Å²) >= 11 is 9.23. The van der Waals surface area contributed by atoms with E-state index in [2.05, 4.69) is 21.2 Å². The number of rotatable bonds is 7. The van der Waals surface area contributed by atoms with Gasteiger partial charge in [-0.2, -0.15) is 8.42 Å². The van der Waals surface area contributed by atoms with E-state index in [0.717, 1.165) is 0 Å². The lowest BCUT2D eigenvalue weighted by Crippen LogP contribution is -2.22. The molecule has 3 aromatic carbocycles. The van der Waals surface area contributed by atoms with Gasteiger partial charge in [0.2, 0.25) is 0 Å². The molecular weight excluding hydrogens is 494 g/mol. The second kappa shape index (κ2) is 9.53. The zero-order valence-electron chi connectivity index (χ0n) is 15.3. The van der Waals surface area contributed by atoms with Crippen LogP contribution in [0.25, 0.3) is 0 Å². The summed E-state index contributed by atoms with van der Waals surface area (Å²) in [5, 5.41) is 2.83. The van der Waals surface area contributed by atoms with Crippen LogP contribution in [0.5, 0.6) is 0 Å². The third kappa shape index (κ3) is 5.54. The molecule has 0 aromatic heterocycles. The molecule has 0 aliphatic heterocycles. The third-order valence-electron chi connectivity index (χ3n) is 3.98. The van der Waals surface area contributed by atoms with Crippen LogP contribution in [0, 0.1) is 0 Å². The monoisotopic (exact) mass is 507 g/mol. The van der Waals surface area contributed by atoms with Crippen LogP contribution in [0.3, 0.4) is 0 Å². The van der Waals surface area contributed by atoms with Crippen molar-refractivity contribution in [3.8, 4) is 0 Å². The largest absolute Gasteiger partial charge is 0.323 e. The highest BCUT2D eigenvalue weighted by Gasteiger charge is 2.19. The van der Waals surface area contributed by atoms with E-state index in [4.69, 9.17) is 15.8 Å². The highest BCUT2D eigenvalue weighted by atomic mass is 79.9. The maximum Gasteiger partial charge on any atom is 0.297 e. The molecule has 3 aromatic rings. The molecule has 0 bridgehead atoms. The Labute approximate surface area is 187 Å². The molecule has 0 aliphatic carbocycles. The lowest BCUT2D eigenvalue weighted by atomic mass is 10.0. The van der Waals surface area contributed by atoms with Gasteiger partial charge in [0.25, 0.3) is 16.0 Å². The number of nitrogens with one attached hydrogen (secondary N) is 1. The van der Waals surface area contributed by atoms with Gasteiger partial charge in [-0.25, -0.2) is 0 Å². The van der Waals surface area contributed by atoms with E-state index in [1.54, 1.807) is 42.5 Å². The predicted octanol–water partition coefficient (Wildman–Crippen LogP) is 4.68. The maximum atomic E-state index is 12.8. The number of halogens is 2. The SMILES string of the molecule is O=C(COS(=O)(=O)c1ccc(Br)cc1)Nc1ccc(Cl)cc1C(=O)c1ccccc1. The van der Waals surface area contributed by atoms with Crippen LogP contribution in [-0.2, 0) is 19.1 Å². The highest BCUT2D eigenvalue weighted by Crippen LogP contribution is 2.24. The van der Waals surface area contributed by atoms with Crippen molar-refractivity contribution in [3.05, 3.63) is 93.4 Å². The average Bonchev–Trinajstić information content (AvgIpc) is 2.74. The van der Waals surface area contributed by atoms with Crippen LogP contribution in [0.2, 0.25) is 5.02 Å². The number of carbonyl (C=O) groups excluding carboxylic acids is 2. The molecule has 1 N–H and O–H groups in total. The van der Waals surface area contributed by atoms with Crippen molar-refractivity contribution in [2.45, 2.75) is 4.90 Å². The minimum Gasteiger partial charge on any atom is -0.323 e. The zero-order chi connectivity index (χ0) is 21.7. The lowest BCUT2D eigenvalue weighted by molar-refractivity contribution is -0.118. The fraction of sp³-hybridized carbons (Fsp3) is 0.0476. The molecule has 0 atom stereocenters. The Morgan fingerprint density at radius 3 is 2.30 bits per heavy atom. The van der Waals surface area contributed by atoms with Gasteiger partial charge in [-0.05, 0) is 42.5 Å². The minimum atomic E-state index is -4.11. The van der Waals surface area contributed by atoms with Crippen molar-refractivity contribution in [1.29, 1.82) is 0 Å². The molecule has 154 valence electrons. The van der Waals surface area contributed by atoms with E-state index in [9.17, 15) is 18.0 Å². The number of hydrogen-bond acceptors (Lipinski definition) is 5. The Balaban J connectivity index is 1.74. The van der Waals surface area contributed by atoms with Gasteiger partial charge in [-0.1, -0.05) is 57.9 Å². The van der Waals surface area contributed by atoms with Gasteiger partial charge < -0.3 is 5.32 Å². The van der Waals surface area contributed by atoms with Crippen LogP contribution < -0.4 is 5.32 Å². The van der Waals surface area contributed by atoms with E-state index in [0.29, 0.717) is 15.1 Å². The molecule has 6 nitrogen and oxygen atoms in total. The van der Waals surface area contributed by atoms with Crippen molar-refractivity contribution in [2.75, 3.05) is 11.9 Å². The number of anilines is 1. The summed E-state index contributed by atoms with van der Waals surface area (Å²) < 4.78 is 30.0. The normalized spacial score (nSPS) is 11.1. The summed E-state index contributed by atoms with van der Waals surface area (Å²) in [5.41, 5.74) is 0.796. The first-order chi connectivity index (χ1) is 14.3. The maximum absolute atomic E-state index is 12.8. The summed E-state index contributed by atoms with van der Waals surface area (Å²) in [6, 6.07) is 18.7. The lowest BCUT2D eigenvalue weighted by Gasteiger charge is -2.11. The van der Waals surface area contributed by atoms with Crippen molar-refractivity contribution >= 4 is 55.0 Å². The first kappa shape index (κ1) is 22.2. The number of amides is 1. The smallest absolute Gasteiger partial charge is 0.297 e. The van der Waals surface area contributed by atoms with Gasteiger partial charge in [0.05, 0.1) is 10.6 Å². The molecule has 0 saturated carbocycles. The van der Waals surface area contributed by atoms with Gasteiger partial charge in [-0.15, -0.1) is 0 Å². The number of ketones is 1. The van der Waals surface area contributed by atoms with E-state index in [1.807, 2.05) is 0 Å². The number of carbonyl (C=O) groups is 2. The second-order valence-corrected chi connectivity index (χ2v) is 9.07. The van der Waals surface area contributed by atoms with Gasteiger partial charge >= 0.3 is 0 Å². The first-order valence-corrected chi connectivity index (χ1v) is 11.2. The Morgan fingerprint density at radius 1 is 0.967 bits per heavy atom. The molecule has 0 saturated heterocycles. The summed E-state index contributed by atoms with van der Waals surface area (Å²) in [7, 11) is -4.11. The highest BCUT2D eigenvalue weighted by molar-refractivity contribution is 9.10. The van der Waals surface area contributed by atoms with Crippen molar-refractivity contribution in [1.82, 2.24) is 0 Å². The predicted molar refractivity (Wildman–Crippen MR) is 117 cm³/mol. The first-order valence-electron chi connectivity index (χ1n) is 8.60. The molecule has 3 rings (SSSR count). The number of benzene rings is 3. The third-order valence-corrected chi connectivity index (χ3v) is 6.03. The number of hydrogen-bond donors (Lipinski definition) is 1. The molecule has 9 heteroatoms. The fourth-order valence-electron chi connectivity index (χ4n) is 2.55. The van der Waals surface area contributed by atoms with E-state index in [1.165, 1.54) is 30.3 Å². The Hall–Kier alpha value is -2.52. The van der Waals surface area contributed by atoms with Crippen LogP contribution in [0.15, 0.2) is 82.2 Å². The molecule has 0 aliphatic rings. The van der Waals surface area contributed by atoms with Gasteiger partial charge in [-0.3, -0.25) is 13.8 Å².